The van der Waals surface area contributed by atoms with Crippen molar-refractivity contribution in [2.45, 2.75) is 44.8 Å². The predicted octanol–water partition coefficient (Wildman–Crippen LogP) is 2.38. The highest BCUT2D eigenvalue weighted by Crippen LogP contribution is 2.44. The van der Waals surface area contributed by atoms with Crippen molar-refractivity contribution in [2.75, 3.05) is 6.61 Å². The van der Waals surface area contributed by atoms with Gasteiger partial charge in [-0.1, -0.05) is 48.5 Å². The number of hydrogen-bond donors (Lipinski definition) is 1. The van der Waals surface area contributed by atoms with Crippen molar-refractivity contribution in [1.29, 1.82) is 0 Å². The third kappa shape index (κ3) is 4.97. The second-order valence-corrected chi connectivity index (χ2v) is 8.13. The maximum atomic E-state index is 12.2. The van der Waals surface area contributed by atoms with Crippen molar-refractivity contribution >= 4 is 18.0 Å². The number of fused-ring (bicyclic) bond motifs is 3. The molecule has 1 aliphatic rings. The van der Waals surface area contributed by atoms with Gasteiger partial charge in [0, 0.05) is 5.92 Å². The molecular formula is C23H24NO6-. The Morgan fingerprint density at radius 3 is 2.03 bits per heavy atom. The van der Waals surface area contributed by atoms with Crippen molar-refractivity contribution < 1.29 is 29.0 Å². The fraction of sp³-hybridized carbons (Fsp3) is 0.348. The van der Waals surface area contributed by atoms with Crippen LogP contribution in [0.5, 0.6) is 0 Å². The van der Waals surface area contributed by atoms with Crippen LogP contribution in [0.25, 0.3) is 11.1 Å². The van der Waals surface area contributed by atoms with Gasteiger partial charge >= 0.3 is 12.1 Å². The van der Waals surface area contributed by atoms with E-state index in [-0.39, 0.29) is 12.5 Å². The van der Waals surface area contributed by atoms with Gasteiger partial charge in [0.15, 0.2) is 0 Å². The van der Waals surface area contributed by atoms with E-state index in [0.29, 0.717) is 0 Å². The number of aliphatic carboxylic acids is 1. The van der Waals surface area contributed by atoms with Gasteiger partial charge in [0.1, 0.15) is 12.2 Å². The first-order valence-electron chi connectivity index (χ1n) is 9.70. The summed E-state index contributed by atoms with van der Waals surface area (Å²) in [6, 6.07) is 14.2. The molecule has 0 saturated carbocycles. The van der Waals surface area contributed by atoms with Crippen LogP contribution in [-0.4, -0.2) is 36.3 Å². The van der Waals surface area contributed by atoms with Gasteiger partial charge < -0.3 is 24.7 Å². The number of hydrogen-bond acceptors (Lipinski definition) is 6. The van der Waals surface area contributed by atoms with Crippen molar-refractivity contribution in [3.8, 4) is 11.1 Å². The lowest BCUT2D eigenvalue weighted by molar-refractivity contribution is -0.308. The van der Waals surface area contributed by atoms with Crippen LogP contribution >= 0.6 is 0 Å². The van der Waals surface area contributed by atoms with Gasteiger partial charge in [-0.25, -0.2) is 4.79 Å². The van der Waals surface area contributed by atoms with E-state index < -0.39 is 36.1 Å². The number of rotatable bonds is 6. The number of amides is 1. The molecule has 1 N–H and O–H groups in total. The molecule has 0 spiro atoms. The third-order valence-corrected chi connectivity index (χ3v) is 4.71. The van der Waals surface area contributed by atoms with Gasteiger partial charge in [-0.2, -0.15) is 0 Å². The summed E-state index contributed by atoms with van der Waals surface area (Å²) in [4.78, 5) is 35.5. The van der Waals surface area contributed by atoms with Crippen LogP contribution in [0.3, 0.4) is 0 Å². The molecule has 3 rings (SSSR count). The number of ether oxygens (including phenoxy) is 2. The third-order valence-electron chi connectivity index (χ3n) is 4.71. The van der Waals surface area contributed by atoms with Crippen LogP contribution in [0.2, 0.25) is 0 Å². The average molecular weight is 410 g/mol. The number of carbonyl (C=O) groups excluding carboxylic acids is 3. The Hall–Kier alpha value is -3.35. The largest absolute Gasteiger partial charge is 0.548 e. The average Bonchev–Trinajstić information content (AvgIpc) is 2.98. The maximum absolute atomic E-state index is 12.2. The summed E-state index contributed by atoms with van der Waals surface area (Å²) in [5.41, 5.74) is 3.48. The predicted molar refractivity (Wildman–Crippen MR) is 107 cm³/mol. The molecule has 0 unspecified atom stereocenters. The summed E-state index contributed by atoms with van der Waals surface area (Å²) in [5.74, 6) is -2.50. The molecule has 7 heteroatoms. The van der Waals surface area contributed by atoms with Gasteiger partial charge in [0.2, 0.25) is 0 Å². The van der Waals surface area contributed by atoms with Crippen LogP contribution in [-0.2, 0) is 19.1 Å². The Kier molecular flexibility index (Phi) is 6.10. The number of benzene rings is 2. The summed E-state index contributed by atoms with van der Waals surface area (Å²) in [7, 11) is 0. The highest BCUT2D eigenvalue weighted by molar-refractivity contribution is 5.84. The molecule has 0 aromatic heterocycles. The number of esters is 1. The van der Waals surface area contributed by atoms with E-state index in [0.717, 1.165) is 22.3 Å². The maximum Gasteiger partial charge on any atom is 0.407 e. The van der Waals surface area contributed by atoms with E-state index in [9.17, 15) is 19.5 Å². The molecular weight excluding hydrogens is 386 g/mol. The van der Waals surface area contributed by atoms with Crippen LogP contribution in [0.1, 0.15) is 44.2 Å². The summed E-state index contributed by atoms with van der Waals surface area (Å²) in [5, 5.41) is 13.5. The van der Waals surface area contributed by atoms with Crippen molar-refractivity contribution in [1.82, 2.24) is 5.32 Å². The quantitative estimate of drug-likeness (QED) is 0.733. The molecule has 0 bridgehead atoms. The van der Waals surface area contributed by atoms with Crippen LogP contribution < -0.4 is 10.4 Å². The molecule has 2 aromatic carbocycles. The zero-order chi connectivity index (χ0) is 21.9. The number of carboxylic acids is 1. The Bertz CT molecular complexity index is 917. The van der Waals surface area contributed by atoms with E-state index in [4.69, 9.17) is 9.47 Å². The van der Waals surface area contributed by atoms with E-state index in [1.807, 2.05) is 48.5 Å². The fourth-order valence-electron chi connectivity index (χ4n) is 3.53. The minimum atomic E-state index is -1.59. The summed E-state index contributed by atoms with van der Waals surface area (Å²) >= 11 is 0. The SMILES string of the molecule is CC(C)(C)OC(=O)C[C@@H](NC(=O)OCC1c2ccccc2-c2ccccc21)C(=O)[O-]. The van der Waals surface area contributed by atoms with Gasteiger partial charge in [-0.05, 0) is 43.0 Å². The first-order valence-corrected chi connectivity index (χ1v) is 9.70. The molecule has 30 heavy (non-hydrogen) atoms. The first kappa shape index (κ1) is 21.4. The number of alkyl carbamates (subject to hydrolysis) is 1. The van der Waals surface area contributed by atoms with Gasteiger partial charge in [-0.3, -0.25) is 4.79 Å². The number of nitrogens with one attached hydrogen (secondary N) is 1. The first-order chi connectivity index (χ1) is 14.2. The van der Waals surface area contributed by atoms with Crippen molar-refractivity contribution in [3.05, 3.63) is 59.7 Å². The molecule has 0 radical (unpaired) electrons. The van der Waals surface area contributed by atoms with Crippen LogP contribution in [0.4, 0.5) is 4.79 Å². The zero-order valence-corrected chi connectivity index (χ0v) is 17.1. The lowest BCUT2D eigenvalue weighted by Crippen LogP contribution is -2.49. The second-order valence-electron chi connectivity index (χ2n) is 8.13. The standard InChI is InChI=1S/C23H25NO6/c1-23(2,3)30-20(25)12-19(21(26)27)24-22(28)29-13-18-16-10-6-4-8-14(16)15-9-5-7-11-17(15)18/h4-11,18-19H,12-13H2,1-3H3,(H,24,28)(H,26,27)/p-1/t19-/m1/s1. The van der Waals surface area contributed by atoms with Gasteiger partial charge in [0.25, 0.3) is 0 Å². The Labute approximate surface area is 175 Å². The van der Waals surface area contributed by atoms with Gasteiger partial charge in [0.05, 0.1) is 18.4 Å². The van der Waals surface area contributed by atoms with Crippen molar-refractivity contribution in [2.24, 2.45) is 0 Å². The number of carboxylic acid groups (broad SMARTS) is 1. The summed E-state index contributed by atoms with van der Waals surface area (Å²) in [6.45, 7) is 5.03. The zero-order valence-electron chi connectivity index (χ0n) is 17.1. The smallest absolute Gasteiger partial charge is 0.407 e. The summed E-state index contributed by atoms with van der Waals surface area (Å²) in [6.07, 6.45) is -1.49. The second kappa shape index (κ2) is 8.57. The van der Waals surface area contributed by atoms with E-state index in [2.05, 4.69) is 5.32 Å². The molecule has 0 fully saturated rings. The number of carbonyl (C=O) groups is 3. The Morgan fingerprint density at radius 2 is 1.53 bits per heavy atom. The molecule has 0 saturated heterocycles. The Morgan fingerprint density at radius 1 is 1.00 bits per heavy atom. The van der Waals surface area contributed by atoms with Crippen LogP contribution in [0, 0.1) is 0 Å². The molecule has 0 heterocycles. The monoisotopic (exact) mass is 410 g/mol. The van der Waals surface area contributed by atoms with E-state index in [1.165, 1.54) is 0 Å². The van der Waals surface area contributed by atoms with E-state index in [1.54, 1.807) is 20.8 Å². The molecule has 7 nitrogen and oxygen atoms in total. The normalized spacial score (nSPS) is 13.7. The molecule has 2 aromatic rings. The fourth-order valence-corrected chi connectivity index (χ4v) is 3.53. The molecule has 158 valence electrons. The van der Waals surface area contributed by atoms with E-state index >= 15 is 0 Å². The highest BCUT2D eigenvalue weighted by Gasteiger charge is 2.29. The Balaban J connectivity index is 1.64. The highest BCUT2D eigenvalue weighted by atomic mass is 16.6. The minimum absolute atomic E-state index is 0.0338. The molecule has 1 atom stereocenters. The van der Waals surface area contributed by atoms with Crippen LogP contribution in [0.15, 0.2) is 48.5 Å². The lowest BCUT2D eigenvalue weighted by Gasteiger charge is -2.23. The topological polar surface area (TPSA) is 105 Å². The van der Waals surface area contributed by atoms with Crippen molar-refractivity contribution in [3.63, 3.8) is 0 Å². The minimum Gasteiger partial charge on any atom is -0.548 e. The van der Waals surface area contributed by atoms with Gasteiger partial charge in [-0.15, -0.1) is 0 Å². The molecule has 1 aliphatic carbocycles. The molecule has 1 amide bonds. The lowest BCUT2D eigenvalue weighted by atomic mass is 9.98. The summed E-state index contributed by atoms with van der Waals surface area (Å²) < 4.78 is 10.4. The molecule has 0 aliphatic heterocycles.